The quantitative estimate of drug-likeness (QED) is 0.138. The molecule has 0 amide bonds. The molecule has 0 fully saturated rings. The highest BCUT2D eigenvalue weighted by atomic mass is 32.2. The lowest BCUT2D eigenvalue weighted by Crippen LogP contribution is -2.37. The van der Waals surface area contributed by atoms with E-state index in [1.165, 1.54) is 11.9 Å². The second-order valence-corrected chi connectivity index (χ2v) is 9.88. The second-order valence-electron chi connectivity index (χ2n) is 9.00. The highest BCUT2D eigenvalue weighted by Crippen LogP contribution is 2.31. The molecule has 0 bridgehead atoms. The largest absolute Gasteiger partial charge is 0.484 e. The van der Waals surface area contributed by atoms with Crippen molar-refractivity contribution >= 4 is 11.9 Å². The minimum atomic E-state index is -1.36. The number of hydrogen-bond acceptors (Lipinski definition) is 8. The molecule has 0 spiro atoms. The first-order valence-corrected chi connectivity index (χ1v) is 13.4. The minimum Gasteiger partial charge on any atom is -0.484 e. The van der Waals surface area contributed by atoms with E-state index in [1.54, 1.807) is 0 Å². The molecule has 0 saturated carbocycles. The van der Waals surface area contributed by atoms with Gasteiger partial charge in [-0.3, -0.25) is 5.32 Å². The molecule has 0 aromatic heterocycles. The molecule has 0 saturated heterocycles. The average molecular weight is 505 g/mol. The van der Waals surface area contributed by atoms with Crippen LogP contribution in [0.4, 0.5) is 0 Å². The van der Waals surface area contributed by atoms with Crippen LogP contribution in [-0.4, -0.2) is 53.2 Å². The molecule has 5 N–H and O–H groups in total. The van der Waals surface area contributed by atoms with Crippen LogP contribution in [0.5, 0.6) is 0 Å². The molecule has 194 valence electrons. The highest BCUT2D eigenvalue weighted by Gasteiger charge is 2.25. The van der Waals surface area contributed by atoms with E-state index in [4.69, 9.17) is 9.47 Å². The summed E-state index contributed by atoms with van der Waals surface area (Å²) in [6, 6.07) is 0. The van der Waals surface area contributed by atoms with Gasteiger partial charge in [0.2, 0.25) is 0 Å². The zero-order valence-corrected chi connectivity index (χ0v) is 21.5. The van der Waals surface area contributed by atoms with Crippen LogP contribution in [0.3, 0.4) is 0 Å². The van der Waals surface area contributed by atoms with Crippen LogP contribution >= 0.6 is 11.9 Å². The molecule has 35 heavy (non-hydrogen) atoms. The van der Waals surface area contributed by atoms with Gasteiger partial charge < -0.3 is 29.5 Å². The van der Waals surface area contributed by atoms with Gasteiger partial charge in [-0.05, 0) is 49.6 Å². The number of rotatable bonds is 14. The standard InChI is InChI=1S/C27H40N2O5S/c1-3-5-15-33-21-10-12-23(13-11-21)35-29-24-18-20(27(32)28-4-2)9-14-25(24)34-22-8-6-7-19(16-22)17-26(30)31/h6-10,12-14,20-22,26-32H,3-5,11,15-18H2,1-2H3. The SMILES string of the molecule is CCCCOC1C=CC(SNC2=C(OC3C=CC=C(CC(O)O)C3)C=CC(C(O)NCC)C2)=CC1. The van der Waals surface area contributed by atoms with Gasteiger partial charge in [0.15, 0.2) is 6.29 Å². The van der Waals surface area contributed by atoms with Crippen molar-refractivity contribution in [1.29, 1.82) is 0 Å². The van der Waals surface area contributed by atoms with Gasteiger partial charge in [0.1, 0.15) is 18.1 Å². The van der Waals surface area contributed by atoms with Crippen molar-refractivity contribution in [1.82, 2.24) is 10.0 Å². The molecule has 0 aromatic carbocycles. The van der Waals surface area contributed by atoms with E-state index in [9.17, 15) is 15.3 Å². The molecule has 0 aromatic rings. The summed E-state index contributed by atoms with van der Waals surface area (Å²) in [5.41, 5.74) is 1.85. The summed E-state index contributed by atoms with van der Waals surface area (Å²) >= 11 is 1.54. The number of unbranched alkanes of at least 4 members (excludes halogenated alkanes) is 1. The molecule has 8 heteroatoms. The van der Waals surface area contributed by atoms with Gasteiger partial charge in [0, 0.05) is 36.7 Å². The molecule has 0 aliphatic heterocycles. The normalized spacial score (nSPS) is 25.0. The van der Waals surface area contributed by atoms with Crippen LogP contribution in [-0.2, 0) is 9.47 Å². The lowest BCUT2D eigenvalue weighted by molar-refractivity contribution is -0.0392. The molecule has 3 rings (SSSR count). The third-order valence-electron chi connectivity index (χ3n) is 6.04. The topological polar surface area (TPSA) is 103 Å². The second kappa shape index (κ2) is 14.7. The number of aliphatic hydroxyl groups is 3. The molecule has 4 unspecified atom stereocenters. The molecular weight excluding hydrogens is 464 g/mol. The predicted octanol–water partition coefficient (Wildman–Crippen LogP) is 3.94. The smallest absolute Gasteiger partial charge is 0.155 e. The lowest BCUT2D eigenvalue weighted by atomic mass is 9.95. The van der Waals surface area contributed by atoms with Crippen molar-refractivity contribution in [2.45, 2.75) is 77.1 Å². The molecule has 3 aliphatic rings. The van der Waals surface area contributed by atoms with Gasteiger partial charge in [0.05, 0.1) is 11.8 Å². The fourth-order valence-corrected chi connectivity index (χ4v) is 4.87. The maximum absolute atomic E-state index is 10.5. The Labute approximate surface area is 213 Å². The van der Waals surface area contributed by atoms with Crippen molar-refractivity contribution in [3.8, 4) is 0 Å². The fourth-order valence-electron chi connectivity index (χ4n) is 4.12. The maximum Gasteiger partial charge on any atom is 0.155 e. The predicted molar refractivity (Wildman–Crippen MR) is 141 cm³/mol. The molecule has 0 heterocycles. The van der Waals surface area contributed by atoms with Crippen LogP contribution in [0, 0.1) is 5.92 Å². The van der Waals surface area contributed by atoms with Crippen LogP contribution in [0.15, 0.2) is 70.5 Å². The number of nitrogens with one attached hydrogen (secondary N) is 2. The fraction of sp³-hybridized carbons (Fsp3) is 0.556. The van der Waals surface area contributed by atoms with Crippen molar-refractivity contribution in [2.75, 3.05) is 13.2 Å². The van der Waals surface area contributed by atoms with Gasteiger partial charge in [-0.2, -0.15) is 0 Å². The van der Waals surface area contributed by atoms with E-state index in [1.807, 2.05) is 37.3 Å². The van der Waals surface area contributed by atoms with Gasteiger partial charge in [-0.1, -0.05) is 56.2 Å². The summed E-state index contributed by atoms with van der Waals surface area (Å²) < 4.78 is 15.7. The van der Waals surface area contributed by atoms with Gasteiger partial charge in [0.25, 0.3) is 0 Å². The van der Waals surface area contributed by atoms with Crippen molar-refractivity contribution in [3.63, 3.8) is 0 Å². The third kappa shape index (κ3) is 9.29. The van der Waals surface area contributed by atoms with E-state index in [2.05, 4.69) is 35.2 Å². The minimum absolute atomic E-state index is 0.0699. The highest BCUT2D eigenvalue weighted by molar-refractivity contribution is 8.01. The van der Waals surface area contributed by atoms with Crippen molar-refractivity contribution < 1.29 is 24.8 Å². The Morgan fingerprint density at radius 3 is 2.66 bits per heavy atom. The van der Waals surface area contributed by atoms with Crippen molar-refractivity contribution in [3.05, 3.63) is 70.5 Å². The Balaban J connectivity index is 1.63. The molecule has 7 nitrogen and oxygen atoms in total. The average Bonchev–Trinajstić information content (AvgIpc) is 2.84. The van der Waals surface area contributed by atoms with Gasteiger partial charge >= 0.3 is 0 Å². The van der Waals surface area contributed by atoms with Crippen LogP contribution in [0.2, 0.25) is 0 Å². The summed E-state index contributed by atoms with van der Waals surface area (Å²) in [5.74, 6) is 0.665. The number of hydrogen-bond donors (Lipinski definition) is 5. The van der Waals surface area contributed by atoms with E-state index < -0.39 is 12.5 Å². The van der Waals surface area contributed by atoms with Gasteiger partial charge in [-0.15, -0.1) is 0 Å². The summed E-state index contributed by atoms with van der Waals surface area (Å²) in [7, 11) is 0. The first-order chi connectivity index (χ1) is 17.0. The van der Waals surface area contributed by atoms with E-state index in [0.29, 0.717) is 19.4 Å². The Bertz CT molecular complexity index is 862. The Hall–Kier alpha value is -1.81. The van der Waals surface area contributed by atoms with E-state index >= 15 is 0 Å². The number of allylic oxidation sites excluding steroid dienone is 5. The van der Waals surface area contributed by atoms with Crippen LogP contribution < -0.4 is 10.0 Å². The van der Waals surface area contributed by atoms with Crippen LogP contribution in [0.25, 0.3) is 0 Å². The summed E-state index contributed by atoms with van der Waals surface area (Å²) in [6.45, 7) is 5.61. The number of aliphatic hydroxyl groups excluding tert-OH is 2. The van der Waals surface area contributed by atoms with Gasteiger partial charge in [-0.25, -0.2) is 0 Å². The van der Waals surface area contributed by atoms with E-state index in [0.717, 1.165) is 47.8 Å². The van der Waals surface area contributed by atoms with Crippen molar-refractivity contribution in [2.24, 2.45) is 5.92 Å². The third-order valence-corrected chi connectivity index (χ3v) is 6.93. The van der Waals surface area contributed by atoms with Crippen LogP contribution in [0.1, 0.15) is 52.4 Å². The summed E-state index contributed by atoms with van der Waals surface area (Å²) in [6.07, 6.45) is 18.5. The zero-order valence-electron chi connectivity index (χ0n) is 20.7. The zero-order chi connectivity index (χ0) is 25.0. The molecule has 3 aliphatic carbocycles. The molecule has 0 radical (unpaired) electrons. The summed E-state index contributed by atoms with van der Waals surface area (Å²) in [5, 5.41) is 32.2. The monoisotopic (exact) mass is 504 g/mol. The molecule has 4 atom stereocenters. The Kier molecular flexibility index (Phi) is 11.6. The first-order valence-electron chi connectivity index (χ1n) is 12.6. The summed E-state index contributed by atoms with van der Waals surface area (Å²) in [4.78, 5) is 1.12. The number of ether oxygens (including phenoxy) is 2. The Morgan fingerprint density at radius 1 is 1.09 bits per heavy atom. The lowest BCUT2D eigenvalue weighted by Gasteiger charge is -2.29. The molecular formula is C27H40N2O5S. The Morgan fingerprint density at radius 2 is 1.94 bits per heavy atom. The van der Waals surface area contributed by atoms with E-state index in [-0.39, 0.29) is 24.5 Å². The maximum atomic E-state index is 10.5. The first kappa shape index (κ1) is 27.8.